The highest BCUT2D eigenvalue weighted by atomic mass is 16.5. The second-order valence-electron chi connectivity index (χ2n) is 8.48. The van der Waals surface area contributed by atoms with Gasteiger partial charge in [-0.3, -0.25) is 4.79 Å². The van der Waals surface area contributed by atoms with E-state index in [-0.39, 0.29) is 11.9 Å². The van der Waals surface area contributed by atoms with E-state index in [0.29, 0.717) is 12.3 Å². The number of imidazole rings is 1. The quantitative estimate of drug-likeness (QED) is 0.642. The highest BCUT2D eigenvalue weighted by molar-refractivity contribution is 5.79. The van der Waals surface area contributed by atoms with E-state index >= 15 is 0 Å². The highest BCUT2D eigenvalue weighted by Gasteiger charge is 2.33. The number of ether oxygens (including phenoxy) is 1. The van der Waals surface area contributed by atoms with Gasteiger partial charge in [-0.1, -0.05) is 25.0 Å². The second kappa shape index (κ2) is 8.09. The Kier molecular flexibility index (Phi) is 5.15. The maximum Gasteiger partial charge on any atom is 0.227 e. The first-order valence-electron chi connectivity index (χ1n) is 11.0. The first-order valence-corrected chi connectivity index (χ1v) is 11.0. The Hall–Kier alpha value is -2.89. The third kappa shape index (κ3) is 3.55. The van der Waals surface area contributed by atoms with Crippen molar-refractivity contribution in [2.75, 3.05) is 20.2 Å². The molecule has 2 aromatic heterocycles. The number of fused-ring (bicyclic) bond motifs is 1. The van der Waals surface area contributed by atoms with Gasteiger partial charge in [0.1, 0.15) is 17.1 Å². The lowest BCUT2D eigenvalue weighted by molar-refractivity contribution is -0.129. The van der Waals surface area contributed by atoms with E-state index in [1.807, 2.05) is 41.4 Å². The summed E-state index contributed by atoms with van der Waals surface area (Å²) < 4.78 is 7.64. The Morgan fingerprint density at radius 3 is 2.87 bits per heavy atom. The van der Waals surface area contributed by atoms with Gasteiger partial charge < -0.3 is 14.2 Å². The van der Waals surface area contributed by atoms with Gasteiger partial charge >= 0.3 is 0 Å². The average Bonchev–Trinajstić information content (AvgIpc) is 3.52. The summed E-state index contributed by atoms with van der Waals surface area (Å²) >= 11 is 0. The van der Waals surface area contributed by atoms with Crippen molar-refractivity contribution in [2.24, 2.45) is 0 Å². The number of likely N-dealkylation sites (tertiary alicyclic amines) is 1. The topological polar surface area (TPSA) is 60.2 Å². The molecule has 3 heterocycles. The van der Waals surface area contributed by atoms with Crippen LogP contribution in [0.1, 0.15) is 55.5 Å². The lowest BCUT2D eigenvalue weighted by Gasteiger charge is -2.20. The number of pyridine rings is 1. The first kappa shape index (κ1) is 19.1. The van der Waals surface area contributed by atoms with Crippen LogP contribution < -0.4 is 4.74 Å². The van der Waals surface area contributed by atoms with Crippen molar-refractivity contribution < 1.29 is 9.53 Å². The minimum Gasteiger partial charge on any atom is -0.497 e. The van der Waals surface area contributed by atoms with Crippen LogP contribution in [0.5, 0.6) is 5.75 Å². The molecule has 1 saturated heterocycles. The molecule has 0 N–H and O–H groups in total. The number of amides is 1. The van der Waals surface area contributed by atoms with E-state index < -0.39 is 0 Å². The fraction of sp³-hybridized carbons (Fsp3) is 0.458. The molecule has 6 heteroatoms. The molecule has 0 radical (unpaired) electrons. The molecule has 1 atom stereocenters. The lowest BCUT2D eigenvalue weighted by Crippen LogP contribution is -2.30. The highest BCUT2D eigenvalue weighted by Crippen LogP contribution is 2.38. The summed E-state index contributed by atoms with van der Waals surface area (Å²) in [5, 5.41) is 0. The average molecular weight is 405 g/mol. The summed E-state index contributed by atoms with van der Waals surface area (Å²) in [6, 6.07) is 12.0. The zero-order valence-corrected chi connectivity index (χ0v) is 17.5. The van der Waals surface area contributed by atoms with Crippen LogP contribution in [0, 0.1) is 0 Å². The Labute approximate surface area is 176 Å². The SMILES string of the molecule is COc1cccc(CC(=O)N2CCC(n3c(C4CCCC4)nc4cccnc43)C2)c1. The van der Waals surface area contributed by atoms with E-state index in [1.54, 1.807) is 7.11 Å². The minimum absolute atomic E-state index is 0.172. The molecule has 6 nitrogen and oxygen atoms in total. The zero-order chi connectivity index (χ0) is 20.5. The van der Waals surface area contributed by atoms with Crippen molar-refractivity contribution in [1.82, 2.24) is 19.4 Å². The summed E-state index contributed by atoms with van der Waals surface area (Å²) in [5.74, 6) is 2.65. The van der Waals surface area contributed by atoms with Crippen molar-refractivity contribution >= 4 is 17.1 Å². The summed E-state index contributed by atoms with van der Waals surface area (Å²) in [4.78, 5) is 24.6. The van der Waals surface area contributed by atoms with Gasteiger partial charge in [0.2, 0.25) is 5.91 Å². The van der Waals surface area contributed by atoms with Crippen LogP contribution in [0.25, 0.3) is 11.2 Å². The molecule has 1 aromatic carbocycles. The van der Waals surface area contributed by atoms with Crippen molar-refractivity contribution in [3.05, 3.63) is 54.0 Å². The molecular weight excluding hydrogens is 376 g/mol. The van der Waals surface area contributed by atoms with Crippen molar-refractivity contribution in [3.8, 4) is 5.75 Å². The maximum absolute atomic E-state index is 13.0. The smallest absolute Gasteiger partial charge is 0.227 e. The Bertz CT molecular complexity index is 1050. The van der Waals surface area contributed by atoms with Crippen molar-refractivity contribution in [1.29, 1.82) is 0 Å². The second-order valence-corrected chi connectivity index (χ2v) is 8.48. The molecule has 1 unspecified atom stereocenters. The van der Waals surface area contributed by atoms with Crippen LogP contribution >= 0.6 is 0 Å². The van der Waals surface area contributed by atoms with Crippen LogP contribution in [0.4, 0.5) is 0 Å². The fourth-order valence-electron chi connectivity index (χ4n) is 5.03. The van der Waals surface area contributed by atoms with Crippen molar-refractivity contribution in [2.45, 2.75) is 50.5 Å². The molecule has 30 heavy (non-hydrogen) atoms. The molecule has 1 aliphatic carbocycles. The van der Waals surface area contributed by atoms with Crippen molar-refractivity contribution in [3.63, 3.8) is 0 Å². The van der Waals surface area contributed by atoms with Gasteiger partial charge in [0.25, 0.3) is 0 Å². The standard InChI is InChI=1S/C24H28N4O2/c1-30-20-9-4-6-17(14-20)15-22(29)27-13-11-19(16-27)28-23(18-7-2-3-8-18)26-21-10-5-12-25-24(21)28/h4-6,9-10,12,14,18-19H,2-3,7-8,11,13,15-16H2,1H3. The summed E-state index contributed by atoms with van der Waals surface area (Å²) in [7, 11) is 1.65. The Balaban J connectivity index is 1.37. The van der Waals surface area contributed by atoms with Crippen LogP contribution in [0.15, 0.2) is 42.6 Å². The van der Waals surface area contributed by atoms with Crippen LogP contribution in [-0.2, 0) is 11.2 Å². The van der Waals surface area contributed by atoms with Gasteiger partial charge in [-0.2, -0.15) is 0 Å². The summed E-state index contributed by atoms with van der Waals surface area (Å²) in [6.45, 7) is 1.51. The third-order valence-electron chi connectivity index (χ3n) is 6.57. The fourth-order valence-corrected chi connectivity index (χ4v) is 5.03. The minimum atomic E-state index is 0.172. The van der Waals surface area contributed by atoms with E-state index in [0.717, 1.165) is 42.0 Å². The summed E-state index contributed by atoms with van der Waals surface area (Å²) in [5.41, 5.74) is 2.93. The number of carbonyl (C=O) groups excluding carboxylic acids is 1. The molecule has 1 aliphatic heterocycles. The zero-order valence-electron chi connectivity index (χ0n) is 17.5. The third-order valence-corrected chi connectivity index (χ3v) is 6.57. The monoisotopic (exact) mass is 404 g/mol. The van der Waals surface area contributed by atoms with Gasteiger partial charge in [-0.05, 0) is 49.1 Å². The molecule has 0 spiro atoms. The first-order chi connectivity index (χ1) is 14.7. The number of carbonyl (C=O) groups is 1. The molecule has 1 amide bonds. The predicted molar refractivity (Wildman–Crippen MR) is 116 cm³/mol. The normalized spacial score (nSPS) is 19.6. The maximum atomic E-state index is 13.0. The molecule has 3 aromatic rings. The molecule has 1 saturated carbocycles. The Morgan fingerprint density at radius 2 is 2.03 bits per heavy atom. The molecule has 5 rings (SSSR count). The molecule has 2 fully saturated rings. The summed E-state index contributed by atoms with van der Waals surface area (Å²) in [6.07, 6.45) is 8.16. The van der Waals surface area contributed by atoms with Crippen LogP contribution in [0.3, 0.4) is 0 Å². The Morgan fingerprint density at radius 1 is 1.17 bits per heavy atom. The number of benzene rings is 1. The molecular formula is C24H28N4O2. The number of methoxy groups -OCH3 is 1. The molecule has 2 aliphatic rings. The van der Waals surface area contributed by atoms with E-state index in [4.69, 9.17) is 9.72 Å². The number of aromatic nitrogens is 3. The lowest BCUT2D eigenvalue weighted by atomic mass is 10.1. The number of hydrogen-bond acceptors (Lipinski definition) is 4. The van der Waals surface area contributed by atoms with Gasteiger partial charge in [-0.25, -0.2) is 9.97 Å². The van der Waals surface area contributed by atoms with Crippen LogP contribution in [0.2, 0.25) is 0 Å². The van der Waals surface area contributed by atoms with Gasteiger partial charge in [0.05, 0.1) is 19.6 Å². The largest absolute Gasteiger partial charge is 0.497 e. The number of hydrogen-bond donors (Lipinski definition) is 0. The van der Waals surface area contributed by atoms with E-state index in [2.05, 4.69) is 15.6 Å². The molecule has 0 bridgehead atoms. The van der Waals surface area contributed by atoms with E-state index in [9.17, 15) is 4.79 Å². The number of nitrogens with zero attached hydrogens (tertiary/aromatic N) is 4. The van der Waals surface area contributed by atoms with Gasteiger partial charge in [-0.15, -0.1) is 0 Å². The van der Waals surface area contributed by atoms with E-state index in [1.165, 1.54) is 31.5 Å². The number of rotatable bonds is 5. The van der Waals surface area contributed by atoms with Gasteiger partial charge in [0, 0.05) is 25.2 Å². The van der Waals surface area contributed by atoms with Crippen LogP contribution in [-0.4, -0.2) is 45.5 Å². The molecule has 156 valence electrons. The predicted octanol–water partition coefficient (Wildman–Crippen LogP) is 4.11. The van der Waals surface area contributed by atoms with Gasteiger partial charge in [0.15, 0.2) is 5.65 Å².